The summed E-state index contributed by atoms with van der Waals surface area (Å²) in [4.78, 5) is 13.4. The lowest BCUT2D eigenvalue weighted by Gasteiger charge is -2.29. The number of benzene rings is 1. The summed E-state index contributed by atoms with van der Waals surface area (Å²) >= 11 is 0. The molecule has 0 radical (unpaired) electrons. The number of rotatable bonds is 7. The van der Waals surface area contributed by atoms with E-state index in [1.54, 1.807) is 4.90 Å². The minimum absolute atomic E-state index is 0.221. The fraction of sp³-hybridized carbons (Fsp3) is 0.611. The normalized spacial score (nSPS) is 15.4. The number of nitrogens with zero attached hydrogens (tertiary/aromatic N) is 1. The van der Waals surface area contributed by atoms with Crippen molar-refractivity contribution in [2.24, 2.45) is 0 Å². The summed E-state index contributed by atoms with van der Waals surface area (Å²) in [6.07, 6.45) is 7.33. The van der Waals surface area contributed by atoms with Crippen molar-refractivity contribution in [3.05, 3.63) is 29.8 Å². The molecule has 1 unspecified atom stereocenters. The van der Waals surface area contributed by atoms with Crippen LogP contribution in [-0.4, -0.2) is 24.1 Å². The fourth-order valence-corrected chi connectivity index (χ4v) is 2.57. The molecule has 0 N–H and O–H groups in total. The van der Waals surface area contributed by atoms with Crippen LogP contribution in [0, 0.1) is 0 Å². The van der Waals surface area contributed by atoms with Crippen molar-refractivity contribution in [3.8, 4) is 5.75 Å². The molecule has 1 saturated heterocycles. The Balaban J connectivity index is 1.78. The van der Waals surface area contributed by atoms with E-state index in [4.69, 9.17) is 4.74 Å². The molecule has 0 bridgehead atoms. The Hall–Kier alpha value is -1.51. The Kier molecular flexibility index (Phi) is 6.09. The van der Waals surface area contributed by atoms with Gasteiger partial charge < -0.3 is 9.64 Å². The van der Waals surface area contributed by atoms with Crippen molar-refractivity contribution in [1.29, 1.82) is 0 Å². The van der Waals surface area contributed by atoms with Crippen molar-refractivity contribution in [1.82, 2.24) is 4.90 Å². The molecule has 1 aliphatic rings. The van der Waals surface area contributed by atoms with Gasteiger partial charge in [0.15, 0.2) is 0 Å². The lowest BCUT2D eigenvalue weighted by atomic mass is 9.95. The third kappa shape index (κ3) is 4.76. The van der Waals surface area contributed by atoms with Crippen LogP contribution in [0.4, 0.5) is 4.79 Å². The van der Waals surface area contributed by atoms with Gasteiger partial charge in [-0.2, -0.15) is 0 Å². The summed E-state index contributed by atoms with van der Waals surface area (Å²) < 4.78 is 5.35. The highest BCUT2D eigenvalue weighted by Crippen LogP contribution is 2.24. The maximum absolute atomic E-state index is 11.7. The number of ether oxygens (including phenoxy) is 1. The second kappa shape index (κ2) is 8.06. The van der Waals surface area contributed by atoms with Gasteiger partial charge in [-0.05, 0) is 36.5 Å². The first kappa shape index (κ1) is 15.9. The quantitative estimate of drug-likeness (QED) is 0.664. The van der Waals surface area contributed by atoms with Crippen LogP contribution in [0.5, 0.6) is 5.75 Å². The highest BCUT2D eigenvalue weighted by molar-refractivity contribution is 5.71. The molecule has 1 aromatic rings. The van der Waals surface area contributed by atoms with Crippen LogP contribution in [0.2, 0.25) is 0 Å². The fourth-order valence-electron chi connectivity index (χ4n) is 2.57. The maximum atomic E-state index is 11.7. The largest absolute Gasteiger partial charge is 0.415 e. The Morgan fingerprint density at radius 1 is 1.19 bits per heavy atom. The number of likely N-dealkylation sites (tertiary alicyclic amines) is 1. The molecule has 0 aliphatic carbocycles. The lowest BCUT2D eigenvalue weighted by molar-refractivity contribution is 0.125. The van der Waals surface area contributed by atoms with Gasteiger partial charge in [-0.1, -0.05) is 51.7 Å². The first-order valence-electron chi connectivity index (χ1n) is 8.27. The van der Waals surface area contributed by atoms with Gasteiger partial charge in [-0.3, -0.25) is 0 Å². The third-order valence-corrected chi connectivity index (χ3v) is 4.26. The van der Waals surface area contributed by atoms with E-state index >= 15 is 0 Å². The van der Waals surface area contributed by atoms with Gasteiger partial charge in [0.25, 0.3) is 0 Å². The summed E-state index contributed by atoms with van der Waals surface area (Å²) in [5.74, 6) is 1.22. The second-order valence-electron chi connectivity index (χ2n) is 6.03. The number of hydrogen-bond acceptors (Lipinski definition) is 2. The minimum atomic E-state index is -0.221. The zero-order valence-electron chi connectivity index (χ0n) is 13.3. The molecule has 1 fully saturated rings. The van der Waals surface area contributed by atoms with Crippen LogP contribution in [0.25, 0.3) is 0 Å². The average molecular weight is 289 g/mol. The Labute approximate surface area is 128 Å². The van der Waals surface area contributed by atoms with Crippen LogP contribution < -0.4 is 4.74 Å². The molecule has 1 amide bonds. The van der Waals surface area contributed by atoms with Gasteiger partial charge in [-0.25, -0.2) is 4.79 Å². The maximum Gasteiger partial charge on any atom is 0.415 e. The van der Waals surface area contributed by atoms with E-state index in [0.29, 0.717) is 11.7 Å². The standard InChI is InChI=1S/C18H27NO2/c1-3-4-5-6-8-15(2)16-9-11-17(12-10-16)21-18(20)19-13-7-14-19/h9-12,15H,3-8,13-14H2,1-2H3. The van der Waals surface area contributed by atoms with Crippen LogP contribution >= 0.6 is 0 Å². The molecular weight excluding hydrogens is 262 g/mol. The molecular formula is C18H27NO2. The van der Waals surface area contributed by atoms with Crippen molar-refractivity contribution in [2.45, 2.75) is 58.3 Å². The van der Waals surface area contributed by atoms with Crippen molar-refractivity contribution in [3.63, 3.8) is 0 Å². The smallest absolute Gasteiger partial charge is 0.410 e. The predicted molar refractivity (Wildman–Crippen MR) is 85.8 cm³/mol. The lowest BCUT2D eigenvalue weighted by Crippen LogP contribution is -2.43. The average Bonchev–Trinajstić information content (AvgIpc) is 2.42. The summed E-state index contributed by atoms with van der Waals surface area (Å²) in [5, 5.41) is 0. The Morgan fingerprint density at radius 3 is 2.48 bits per heavy atom. The van der Waals surface area contributed by atoms with E-state index in [2.05, 4.69) is 26.0 Å². The molecule has 1 aromatic carbocycles. The topological polar surface area (TPSA) is 29.5 Å². The first-order valence-corrected chi connectivity index (χ1v) is 8.27. The summed E-state index contributed by atoms with van der Waals surface area (Å²) in [5.41, 5.74) is 1.33. The zero-order valence-corrected chi connectivity index (χ0v) is 13.3. The number of hydrogen-bond donors (Lipinski definition) is 0. The number of carbonyl (C=O) groups excluding carboxylic acids is 1. The second-order valence-corrected chi connectivity index (χ2v) is 6.03. The number of carbonyl (C=O) groups is 1. The molecule has 1 atom stereocenters. The zero-order chi connectivity index (χ0) is 15.1. The monoisotopic (exact) mass is 289 g/mol. The molecule has 0 aromatic heterocycles. The van der Waals surface area contributed by atoms with E-state index in [0.717, 1.165) is 19.5 Å². The summed E-state index contributed by atoms with van der Waals surface area (Å²) in [7, 11) is 0. The van der Waals surface area contributed by atoms with Crippen LogP contribution in [0.3, 0.4) is 0 Å². The predicted octanol–water partition coefficient (Wildman–Crippen LogP) is 4.97. The van der Waals surface area contributed by atoms with Crippen LogP contribution in [-0.2, 0) is 0 Å². The SMILES string of the molecule is CCCCCCC(C)c1ccc(OC(=O)N2CCC2)cc1. The van der Waals surface area contributed by atoms with Gasteiger partial charge in [-0.15, -0.1) is 0 Å². The van der Waals surface area contributed by atoms with Crippen molar-refractivity contribution in [2.75, 3.05) is 13.1 Å². The van der Waals surface area contributed by atoms with E-state index in [-0.39, 0.29) is 6.09 Å². The van der Waals surface area contributed by atoms with E-state index < -0.39 is 0 Å². The van der Waals surface area contributed by atoms with Crippen molar-refractivity contribution < 1.29 is 9.53 Å². The minimum Gasteiger partial charge on any atom is -0.410 e. The van der Waals surface area contributed by atoms with Gasteiger partial charge in [0.1, 0.15) is 5.75 Å². The highest BCUT2D eigenvalue weighted by atomic mass is 16.6. The Morgan fingerprint density at radius 2 is 1.90 bits per heavy atom. The van der Waals surface area contributed by atoms with Gasteiger partial charge in [0.05, 0.1) is 0 Å². The molecule has 21 heavy (non-hydrogen) atoms. The summed E-state index contributed by atoms with van der Waals surface area (Å²) in [6, 6.07) is 8.00. The van der Waals surface area contributed by atoms with Gasteiger partial charge >= 0.3 is 6.09 Å². The molecule has 116 valence electrons. The van der Waals surface area contributed by atoms with Crippen LogP contribution in [0.15, 0.2) is 24.3 Å². The number of amides is 1. The first-order chi connectivity index (χ1) is 10.2. The van der Waals surface area contributed by atoms with Gasteiger partial charge in [0.2, 0.25) is 0 Å². The molecule has 0 spiro atoms. The van der Waals surface area contributed by atoms with E-state index in [1.807, 2.05) is 12.1 Å². The highest BCUT2D eigenvalue weighted by Gasteiger charge is 2.21. The van der Waals surface area contributed by atoms with E-state index in [9.17, 15) is 4.79 Å². The third-order valence-electron chi connectivity index (χ3n) is 4.26. The molecule has 2 rings (SSSR count). The molecule has 3 heteroatoms. The van der Waals surface area contributed by atoms with Crippen molar-refractivity contribution >= 4 is 6.09 Å². The van der Waals surface area contributed by atoms with E-state index in [1.165, 1.54) is 37.7 Å². The van der Waals surface area contributed by atoms with Crippen LogP contribution in [0.1, 0.15) is 63.9 Å². The molecule has 1 heterocycles. The molecule has 1 aliphatic heterocycles. The Bertz CT molecular complexity index is 437. The van der Waals surface area contributed by atoms with Gasteiger partial charge in [0, 0.05) is 13.1 Å². The molecule has 0 saturated carbocycles. The summed E-state index contributed by atoms with van der Waals surface area (Å²) in [6.45, 7) is 6.16. The molecule has 3 nitrogen and oxygen atoms in total. The number of unbranched alkanes of at least 4 members (excludes halogenated alkanes) is 3.